The van der Waals surface area contributed by atoms with E-state index in [0.29, 0.717) is 32.5 Å². The van der Waals surface area contributed by atoms with Gasteiger partial charge in [-0.15, -0.1) is 0 Å². The van der Waals surface area contributed by atoms with Crippen LogP contribution in [0, 0.1) is 0 Å². The molecule has 8 heteroatoms. The summed E-state index contributed by atoms with van der Waals surface area (Å²) in [6.45, 7) is 1.12. The Kier molecular flexibility index (Phi) is 8.45. The van der Waals surface area contributed by atoms with Crippen molar-refractivity contribution < 1.29 is 24.3 Å². The van der Waals surface area contributed by atoms with Crippen molar-refractivity contribution in [1.29, 1.82) is 0 Å². The van der Waals surface area contributed by atoms with Gasteiger partial charge in [0, 0.05) is 26.1 Å². The molecule has 0 aliphatic carbocycles. The van der Waals surface area contributed by atoms with Crippen LogP contribution in [-0.4, -0.2) is 52.8 Å². The summed E-state index contributed by atoms with van der Waals surface area (Å²) in [6, 6.07) is 8.70. The summed E-state index contributed by atoms with van der Waals surface area (Å²) in [4.78, 5) is 48.6. The van der Waals surface area contributed by atoms with E-state index in [0.717, 1.165) is 24.8 Å². The van der Waals surface area contributed by atoms with Crippen molar-refractivity contribution in [2.45, 2.75) is 51.1 Å². The zero-order chi connectivity index (χ0) is 20.4. The number of likely N-dealkylation sites (tertiary alicyclic amines) is 1. The lowest BCUT2D eigenvalue weighted by Crippen LogP contribution is -2.45. The molecule has 0 radical (unpaired) electrons. The fourth-order valence-electron chi connectivity index (χ4n) is 3.22. The van der Waals surface area contributed by atoms with Crippen LogP contribution in [0.25, 0.3) is 0 Å². The predicted molar refractivity (Wildman–Crippen MR) is 103 cm³/mol. The number of carbonyl (C=O) groups excluding carboxylic acids is 3. The molecule has 1 aliphatic heterocycles. The van der Waals surface area contributed by atoms with Gasteiger partial charge in [-0.1, -0.05) is 43.2 Å². The Balaban J connectivity index is 1.71. The first-order valence-electron chi connectivity index (χ1n) is 9.61. The number of rotatable bonds is 11. The van der Waals surface area contributed by atoms with Crippen LogP contribution in [-0.2, 0) is 20.9 Å². The van der Waals surface area contributed by atoms with Gasteiger partial charge >= 0.3 is 6.09 Å². The molecule has 1 aromatic rings. The number of unbranched alkanes of at least 4 members (excludes halogenated alkanes) is 3. The minimum atomic E-state index is -1.03. The Morgan fingerprint density at radius 1 is 1.00 bits per heavy atom. The molecule has 1 fully saturated rings. The van der Waals surface area contributed by atoms with Crippen LogP contribution in [0.5, 0.6) is 0 Å². The highest BCUT2D eigenvalue weighted by molar-refractivity contribution is 6.38. The van der Waals surface area contributed by atoms with E-state index in [1.54, 1.807) is 0 Å². The van der Waals surface area contributed by atoms with Gasteiger partial charge in [0.25, 0.3) is 5.91 Å². The lowest BCUT2D eigenvalue weighted by Gasteiger charge is -2.23. The first-order valence-corrected chi connectivity index (χ1v) is 9.61. The number of benzene rings is 1. The van der Waals surface area contributed by atoms with E-state index < -0.39 is 23.8 Å². The molecule has 152 valence electrons. The van der Waals surface area contributed by atoms with Crippen LogP contribution in [0.3, 0.4) is 0 Å². The number of nitrogens with zero attached hydrogens (tertiary/aromatic N) is 1. The second-order valence-electron chi connectivity index (χ2n) is 6.83. The van der Waals surface area contributed by atoms with Gasteiger partial charge in [-0.3, -0.25) is 14.4 Å². The van der Waals surface area contributed by atoms with Gasteiger partial charge in [0.2, 0.25) is 11.7 Å². The third-order valence-corrected chi connectivity index (χ3v) is 4.72. The van der Waals surface area contributed by atoms with E-state index in [9.17, 15) is 19.2 Å². The Morgan fingerprint density at radius 3 is 2.29 bits per heavy atom. The van der Waals surface area contributed by atoms with E-state index in [1.807, 2.05) is 30.3 Å². The molecule has 1 aliphatic rings. The summed E-state index contributed by atoms with van der Waals surface area (Å²) in [5.41, 5.74) is 0.924. The Labute approximate surface area is 164 Å². The molecule has 1 atom stereocenters. The molecule has 1 saturated heterocycles. The highest BCUT2D eigenvalue weighted by Crippen LogP contribution is 2.22. The zero-order valence-electron chi connectivity index (χ0n) is 15.9. The van der Waals surface area contributed by atoms with Crippen molar-refractivity contribution in [2.24, 2.45) is 0 Å². The van der Waals surface area contributed by atoms with E-state index in [-0.39, 0.29) is 12.3 Å². The average molecular weight is 389 g/mol. The van der Waals surface area contributed by atoms with Gasteiger partial charge in [0.1, 0.15) is 6.04 Å². The van der Waals surface area contributed by atoms with Crippen molar-refractivity contribution in [2.75, 3.05) is 13.1 Å². The molecule has 0 bridgehead atoms. The van der Waals surface area contributed by atoms with Crippen LogP contribution in [0.15, 0.2) is 30.3 Å². The molecule has 1 heterocycles. The quantitative estimate of drug-likeness (QED) is 0.393. The monoisotopic (exact) mass is 389 g/mol. The molecule has 0 aromatic heterocycles. The smallest absolute Gasteiger partial charge is 0.404 e. The first-order chi connectivity index (χ1) is 13.5. The van der Waals surface area contributed by atoms with Gasteiger partial charge in [0.05, 0.1) is 0 Å². The molecular formula is C20H27N3O5. The fourth-order valence-corrected chi connectivity index (χ4v) is 3.22. The third-order valence-electron chi connectivity index (χ3n) is 4.72. The summed E-state index contributed by atoms with van der Waals surface area (Å²) in [5, 5.41) is 13.4. The lowest BCUT2D eigenvalue weighted by atomic mass is 10.1. The minimum Gasteiger partial charge on any atom is -0.465 e. The lowest BCUT2D eigenvalue weighted by molar-refractivity contribution is -0.143. The molecule has 1 unspecified atom stereocenters. The summed E-state index contributed by atoms with van der Waals surface area (Å²) in [5.74, 6) is -1.32. The number of nitrogens with one attached hydrogen (secondary N) is 2. The maximum Gasteiger partial charge on any atom is 0.404 e. The highest BCUT2D eigenvalue weighted by atomic mass is 16.4. The minimum absolute atomic E-state index is 0.107. The van der Waals surface area contributed by atoms with Crippen molar-refractivity contribution in [3.63, 3.8) is 0 Å². The Morgan fingerprint density at radius 2 is 1.64 bits per heavy atom. The van der Waals surface area contributed by atoms with Crippen LogP contribution >= 0.6 is 0 Å². The molecule has 3 amide bonds. The van der Waals surface area contributed by atoms with Crippen molar-refractivity contribution >= 4 is 23.7 Å². The SMILES string of the molecule is O=C(O)NCCCCCCNC(=O)C(=O)C1CCC(=O)N1Cc1ccccc1. The molecule has 2 rings (SSSR count). The Hall–Kier alpha value is -2.90. The summed E-state index contributed by atoms with van der Waals surface area (Å²) >= 11 is 0. The molecule has 28 heavy (non-hydrogen) atoms. The number of carbonyl (C=O) groups is 4. The number of amides is 3. The van der Waals surface area contributed by atoms with Crippen molar-refractivity contribution in [1.82, 2.24) is 15.5 Å². The second-order valence-corrected chi connectivity index (χ2v) is 6.83. The van der Waals surface area contributed by atoms with E-state index in [1.165, 1.54) is 4.90 Å². The van der Waals surface area contributed by atoms with E-state index >= 15 is 0 Å². The first kappa shape index (κ1) is 21.4. The molecule has 1 aromatic carbocycles. The normalized spacial score (nSPS) is 16.1. The number of carboxylic acid groups (broad SMARTS) is 1. The molecule has 8 nitrogen and oxygen atoms in total. The van der Waals surface area contributed by atoms with Gasteiger partial charge in [-0.05, 0) is 24.8 Å². The number of ketones is 1. The number of hydrogen-bond acceptors (Lipinski definition) is 4. The van der Waals surface area contributed by atoms with Crippen molar-refractivity contribution in [3.05, 3.63) is 35.9 Å². The maximum atomic E-state index is 12.5. The average Bonchev–Trinajstić information content (AvgIpc) is 3.04. The third kappa shape index (κ3) is 6.68. The van der Waals surface area contributed by atoms with Crippen LogP contribution in [0.2, 0.25) is 0 Å². The van der Waals surface area contributed by atoms with Gasteiger partial charge in [0.15, 0.2) is 0 Å². The molecular weight excluding hydrogens is 362 g/mol. The predicted octanol–water partition coefficient (Wildman–Crippen LogP) is 1.69. The topological polar surface area (TPSA) is 116 Å². The van der Waals surface area contributed by atoms with Gasteiger partial charge in [-0.2, -0.15) is 0 Å². The summed E-state index contributed by atoms with van der Waals surface area (Å²) in [6.07, 6.45) is 2.73. The summed E-state index contributed by atoms with van der Waals surface area (Å²) in [7, 11) is 0. The second kappa shape index (κ2) is 11.1. The molecule has 0 saturated carbocycles. The fraction of sp³-hybridized carbons (Fsp3) is 0.500. The number of Topliss-reactive ketones (excluding diaryl/α,β-unsaturated/α-hetero) is 1. The Bertz CT molecular complexity index is 692. The zero-order valence-corrected chi connectivity index (χ0v) is 15.9. The van der Waals surface area contributed by atoms with Crippen LogP contribution < -0.4 is 10.6 Å². The largest absolute Gasteiger partial charge is 0.465 e. The highest BCUT2D eigenvalue weighted by Gasteiger charge is 2.38. The standard InChI is InChI=1S/C20H27N3O5/c24-17-11-10-16(23(17)14-15-8-4-3-5-9-15)18(25)19(26)21-12-6-1-2-7-13-22-20(27)28/h3-5,8-9,16,22H,1-2,6-7,10-14H2,(H,21,26)(H,27,28). The van der Waals surface area contributed by atoms with Crippen LogP contribution in [0.4, 0.5) is 4.79 Å². The molecule has 0 spiro atoms. The molecule has 3 N–H and O–H groups in total. The van der Waals surface area contributed by atoms with E-state index in [4.69, 9.17) is 5.11 Å². The van der Waals surface area contributed by atoms with Crippen LogP contribution in [0.1, 0.15) is 44.1 Å². The summed E-state index contributed by atoms with van der Waals surface area (Å²) < 4.78 is 0. The number of hydrogen-bond donors (Lipinski definition) is 3. The van der Waals surface area contributed by atoms with Gasteiger partial charge in [-0.25, -0.2) is 4.79 Å². The van der Waals surface area contributed by atoms with E-state index in [2.05, 4.69) is 10.6 Å². The maximum absolute atomic E-state index is 12.5. The van der Waals surface area contributed by atoms with Crippen molar-refractivity contribution in [3.8, 4) is 0 Å². The van der Waals surface area contributed by atoms with Gasteiger partial charge < -0.3 is 20.6 Å².